The second-order valence-corrected chi connectivity index (χ2v) is 37.1. The molecule has 5 aliphatic rings. The maximum Gasteiger partial charge on any atom is 0.258 e. The largest absolute Gasteiger partial charge is 0.369 e. The predicted molar refractivity (Wildman–Crippen MR) is 556 cm³/mol. The van der Waals surface area contributed by atoms with Crippen molar-refractivity contribution >= 4 is 90.8 Å². The number of H-pyrrole nitrogens is 1. The Morgan fingerprint density at radius 3 is 1.28 bits per heavy atom. The molecule has 5 fully saturated rings. The summed E-state index contributed by atoms with van der Waals surface area (Å²) in [6.07, 6.45) is 29.4. The van der Waals surface area contributed by atoms with E-state index in [4.69, 9.17) is 9.97 Å². The minimum absolute atomic E-state index is 0.0787. The van der Waals surface area contributed by atoms with Crippen LogP contribution in [-0.4, -0.2) is 239 Å². The van der Waals surface area contributed by atoms with E-state index in [1.54, 1.807) is 57.0 Å². The first kappa shape index (κ1) is 93.5. The number of rotatable bonds is 12. The number of imidazole rings is 4. The molecule has 0 aromatic carbocycles. The molecule has 6 N–H and O–H groups in total. The normalized spacial score (nSPS) is 16.5. The summed E-state index contributed by atoms with van der Waals surface area (Å²) in [5, 5.41) is 21.6. The van der Waals surface area contributed by atoms with Crippen molar-refractivity contribution in [2.45, 2.75) is 101 Å². The maximum atomic E-state index is 12.9. The van der Waals surface area contributed by atoms with E-state index < -0.39 is 0 Å². The Labute approximate surface area is 815 Å². The zero-order valence-corrected chi connectivity index (χ0v) is 81.3. The fourth-order valence-electron chi connectivity index (χ4n) is 19.1. The summed E-state index contributed by atoms with van der Waals surface area (Å²) in [6.45, 7) is 42.1. The Balaban J connectivity index is 0.000000109. The third kappa shape index (κ3) is 20.4. The molecule has 0 saturated carbocycles. The first-order valence-electron chi connectivity index (χ1n) is 48.1. The van der Waals surface area contributed by atoms with Crippen LogP contribution in [0.2, 0.25) is 0 Å². The number of nitrogens with one attached hydrogen (secondary N) is 6. The van der Waals surface area contributed by atoms with Gasteiger partial charge in [0.05, 0.1) is 108 Å². The molecule has 142 heavy (non-hydrogen) atoms. The Bertz CT molecular complexity index is 8200. The summed E-state index contributed by atoms with van der Waals surface area (Å²) in [7, 11) is 0. The van der Waals surface area contributed by atoms with Crippen LogP contribution in [0.25, 0.3) is 108 Å². The fourth-order valence-corrected chi connectivity index (χ4v) is 19.1. The van der Waals surface area contributed by atoms with Crippen molar-refractivity contribution in [2.24, 2.45) is 0 Å². The highest BCUT2D eigenvalue weighted by molar-refractivity contribution is 5.76. The van der Waals surface area contributed by atoms with Crippen LogP contribution >= 0.6 is 0 Å². The number of nitrogens with zero attached hydrogens (tertiary/aromatic N) is 27. The smallest absolute Gasteiger partial charge is 0.258 e. The van der Waals surface area contributed by atoms with Crippen molar-refractivity contribution in [3.8, 4) is 45.4 Å². The summed E-state index contributed by atoms with van der Waals surface area (Å²) < 4.78 is 15.7. The molecule has 38 heteroatoms. The summed E-state index contributed by atoms with van der Waals surface area (Å²) in [5.74, 6) is 0.743. The van der Waals surface area contributed by atoms with Gasteiger partial charge in [0.15, 0.2) is 11.3 Å². The van der Waals surface area contributed by atoms with Crippen molar-refractivity contribution in [1.82, 2.24) is 136 Å². The molecule has 38 nitrogen and oxygen atoms in total. The molecule has 0 aliphatic carbocycles. The van der Waals surface area contributed by atoms with Crippen LogP contribution in [0.4, 0.5) is 28.4 Å². The highest BCUT2D eigenvalue weighted by Gasteiger charge is 2.26. The van der Waals surface area contributed by atoms with Gasteiger partial charge in [-0.05, 0) is 186 Å². The van der Waals surface area contributed by atoms with Gasteiger partial charge in [0.2, 0.25) is 0 Å². The van der Waals surface area contributed by atoms with Crippen LogP contribution in [-0.2, 0) is 0 Å². The van der Waals surface area contributed by atoms with E-state index in [0.29, 0.717) is 97.5 Å². The maximum absolute atomic E-state index is 12.9. The first-order chi connectivity index (χ1) is 68.7. The molecular formula is C104H113N33O5. The molecule has 19 aromatic heterocycles. The highest BCUT2D eigenvalue weighted by Crippen LogP contribution is 2.29. The topological polar surface area (TPSA) is 385 Å². The lowest BCUT2D eigenvalue weighted by Gasteiger charge is -2.37. The zero-order valence-electron chi connectivity index (χ0n) is 81.3. The Morgan fingerprint density at radius 2 is 0.775 bits per heavy atom. The monoisotopic (exact) mass is 1900 g/mol. The molecule has 0 unspecified atom stereocenters. The fraction of sp³-hybridized carbons (Fsp3) is 0.308. The number of piperazine rings is 4. The van der Waals surface area contributed by atoms with Gasteiger partial charge in [0, 0.05) is 239 Å². The van der Waals surface area contributed by atoms with Crippen LogP contribution in [0.15, 0.2) is 226 Å². The molecule has 19 aromatic rings. The standard InChI is InChI=1S/C22H24N6O.C21H23N7O.C21H24N6O.2C20H21N7O/c1-14-9-26(10-15(2)23-14)18-5-7-21-25-19(8-22(29)28(21)13-18)17-4-6-20-24-16(3)11-27(20)12-17;1-13-9-26(7-6-22-13)16-4-5-19-24-17(8-20(29)28(19)11-16)18-12-27-10-14(2)23-15(3)21(27)25-18;1-15(4-6-19-23-13-16(2)24-19)18-12-21(28)27-14-17(5-7-20(27)25-18)26-10-3-8-22-9-11-26;1-13-11-27-18(14(2)22-13)9-17(24-27)16-10-20(28)26-12-15(3-4-19(26)23-16)25-7-5-21-6-8-25;1-13-10-26-12-17(24-20(26)14(2)22-13)16-9-19(28)27-11-15(3-4-18(27)23-16)25-7-5-21-6-8-25/h4-8,11-15,23H,9-10H2,1-3H3;4-5,8,10-13,22H,6-7,9H2,1-3H3;4-7,12-14,22H,1,3,8-11H2,2H3,(H,23,24);2*3-4,9-12,21H,5-8H2,1-2H3/b;;6-4-;;/t14-,15+;13-;;;/m.0.../s1. The minimum atomic E-state index is -0.113. The van der Waals surface area contributed by atoms with Gasteiger partial charge >= 0.3 is 0 Å². The second-order valence-electron chi connectivity index (χ2n) is 37.1. The third-order valence-electron chi connectivity index (χ3n) is 25.9. The number of fused-ring (bicyclic) bond motifs is 9. The Kier molecular flexibility index (Phi) is 26.3. The van der Waals surface area contributed by atoms with Crippen molar-refractivity contribution in [3.63, 3.8) is 0 Å². The molecule has 5 saturated heterocycles. The number of aromatic nitrogens is 23. The van der Waals surface area contributed by atoms with Crippen LogP contribution in [0.5, 0.6) is 0 Å². The van der Waals surface area contributed by atoms with Gasteiger partial charge in [-0.25, -0.2) is 49.4 Å². The number of pyridine rings is 6. The lowest BCUT2D eigenvalue weighted by molar-refractivity contribution is 0.407. The quantitative estimate of drug-likeness (QED) is 0.0620. The van der Waals surface area contributed by atoms with E-state index in [0.717, 1.165) is 226 Å². The van der Waals surface area contributed by atoms with Crippen molar-refractivity contribution in [3.05, 3.63) is 311 Å². The number of anilines is 5. The average Bonchev–Trinajstić information content (AvgIpc) is 1.46. The SMILES string of the molecule is C=C(/C=C\c1ncc(C)[nH]1)c1cc(=O)n2cc(N3CCCNCC3)ccc2n1.Cc1cn2cc(-c3cc(=O)n4cc(N5CCNCC5)ccc4n3)nc2c(C)n1.Cc1cn2cc(-c3cc(=O)n4cc(N5CCN[C@@H](C)C5)ccc4n3)nc2c(C)n1.Cc1cn2cc(-c3cc(=O)n4cc(N5C[C@@H](C)N[C@@H](C)C5)ccc4n3)ccc2n1.Cc1cn2nc(-c3cc(=O)n4cc(N5CCNCC5)ccc4n3)cc2c(C)n1. The summed E-state index contributed by atoms with van der Waals surface area (Å²) in [6, 6.07) is 34.5. The second kappa shape index (κ2) is 40.0. The van der Waals surface area contributed by atoms with E-state index in [1.807, 2.05) is 228 Å². The lowest BCUT2D eigenvalue weighted by Crippen LogP contribution is -2.54. The van der Waals surface area contributed by atoms with Gasteiger partial charge in [-0.2, -0.15) is 5.10 Å². The number of aromatic amines is 1. The van der Waals surface area contributed by atoms with Gasteiger partial charge in [-0.1, -0.05) is 6.58 Å². The predicted octanol–water partition coefficient (Wildman–Crippen LogP) is 9.44. The van der Waals surface area contributed by atoms with E-state index in [9.17, 15) is 24.0 Å². The summed E-state index contributed by atoms with van der Waals surface area (Å²) >= 11 is 0. The highest BCUT2D eigenvalue weighted by atomic mass is 16.1. The number of aryl methyl sites for hydroxylation is 8. The molecule has 0 spiro atoms. The molecule has 5 aliphatic heterocycles. The number of allylic oxidation sites excluding steroid dienone is 2. The number of hydrogen-bond acceptors (Lipinski definition) is 28. The minimum Gasteiger partial charge on any atom is -0.369 e. The number of hydrogen-bond donors (Lipinski definition) is 6. The average molecular weight is 1910 g/mol. The van der Waals surface area contributed by atoms with Gasteiger partial charge < -0.3 is 69.3 Å². The van der Waals surface area contributed by atoms with Crippen molar-refractivity contribution < 1.29 is 0 Å². The van der Waals surface area contributed by atoms with Crippen LogP contribution < -0.4 is 78.9 Å². The molecular weight excluding hydrogens is 1790 g/mol. The molecule has 24 rings (SSSR count). The molecule has 3 atom stereocenters. The molecule has 724 valence electrons. The third-order valence-corrected chi connectivity index (χ3v) is 25.9. The van der Waals surface area contributed by atoms with E-state index in [2.05, 4.69) is 144 Å². The van der Waals surface area contributed by atoms with E-state index in [1.165, 1.54) is 6.07 Å². The molecule has 24 heterocycles. The van der Waals surface area contributed by atoms with Crippen LogP contribution in [0.3, 0.4) is 0 Å². The molecule has 0 amide bonds. The van der Waals surface area contributed by atoms with Gasteiger partial charge in [0.1, 0.15) is 56.8 Å². The molecule has 0 radical (unpaired) electrons. The van der Waals surface area contributed by atoms with E-state index in [-0.39, 0.29) is 27.8 Å². The van der Waals surface area contributed by atoms with Gasteiger partial charge in [-0.3, -0.25) is 60.9 Å². The molecule has 0 bridgehead atoms. The van der Waals surface area contributed by atoms with Crippen molar-refractivity contribution in [2.75, 3.05) is 136 Å². The summed E-state index contributed by atoms with van der Waals surface area (Å²) in [5.41, 5.74) is 24.9. The Morgan fingerprint density at radius 1 is 0.359 bits per heavy atom. The van der Waals surface area contributed by atoms with Crippen molar-refractivity contribution in [1.29, 1.82) is 0 Å². The van der Waals surface area contributed by atoms with Crippen LogP contribution in [0.1, 0.15) is 84.3 Å². The Hall–Kier alpha value is -16.2. The lowest BCUT2D eigenvalue weighted by atomic mass is 10.1. The van der Waals surface area contributed by atoms with E-state index >= 15 is 0 Å². The van der Waals surface area contributed by atoms with Gasteiger partial charge in [-0.15, -0.1) is 0 Å². The summed E-state index contributed by atoms with van der Waals surface area (Å²) in [4.78, 5) is 133. The first-order valence-corrected chi connectivity index (χ1v) is 48.1. The zero-order chi connectivity index (χ0) is 98.3. The van der Waals surface area contributed by atoms with Crippen LogP contribution in [0, 0.1) is 55.4 Å². The van der Waals surface area contributed by atoms with Gasteiger partial charge in [0.25, 0.3) is 27.8 Å².